The average molecular weight is 528 g/mol. The Morgan fingerprint density at radius 2 is 1.79 bits per heavy atom. The second kappa shape index (κ2) is 9.54. The minimum atomic E-state index is -0.814. The SMILES string of the molecule is C=C1NC2=C(C(=O)CC(c3ccc(OC)cc3)C2)C(c2cc(Br)c(O)c(OC)c2)C1C(=O)OC. The molecule has 2 aromatic rings. The van der Waals surface area contributed by atoms with E-state index in [-0.39, 0.29) is 23.2 Å². The highest BCUT2D eigenvalue weighted by Gasteiger charge is 2.45. The van der Waals surface area contributed by atoms with Crippen LogP contribution in [0.5, 0.6) is 17.2 Å². The van der Waals surface area contributed by atoms with Crippen molar-refractivity contribution < 1.29 is 28.9 Å². The summed E-state index contributed by atoms with van der Waals surface area (Å²) in [6.07, 6.45) is 0.896. The van der Waals surface area contributed by atoms with E-state index >= 15 is 0 Å². The molecule has 3 atom stereocenters. The molecule has 0 saturated heterocycles. The lowest BCUT2D eigenvalue weighted by Gasteiger charge is -2.40. The van der Waals surface area contributed by atoms with E-state index in [1.807, 2.05) is 24.3 Å². The number of carbonyl (C=O) groups excluding carboxylic acids is 2. The standard InChI is InChI=1S/C26H26BrNO6/c1-13-22(26(31)34-4)23(16-9-18(27)25(30)21(12-16)33-3)24-19(28-13)10-15(11-20(24)29)14-5-7-17(32-2)8-6-14/h5-9,12,15,22-23,28,30H,1,10-11H2,2-4H3. The number of carbonyl (C=O) groups is 2. The second-order valence-corrected chi connectivity index (χ2v) is 9.23. The predicted molar refractivity (Wildman–Crippen MR) is 130 cm³/mol. The minimum absolute atomic E-state index is 0.0196. The van der Waals surface area contributed by atoms with Crippen LogP contribution in [0.3, 0.4) is 0 Å². The zero-order valence-electron chi connectivity index (χ0n) is 19.2. The van der Waals surface area contributed by atoms with E-state index in [0.29, 0.717) is 34.1 Å². The van der Waals surface area contributed by atoms with E-state index in [1.165, 1.54) is 14.2 Å². The number of hydrogen-bond acceptors (Lipinski definition) is 7. The van der Waals surface area contributed by atoms with Crippen LogP contribution in [0.2, 0.25) is 0 Å². The van der Waals surface area contributed by atoms with Crippen molar-refractivity contribution in [3.05, 3.63) is 75.5 Å². The van der Waals surface area contributed by atoms with Gasteiger partial charge >= 0.3 is 5.97 Å². The Balaban J connectivity index is 1.82. The molecule has 34 heavy (non-hydrogen) atoms. The molecule has 0 aromatic heterocycles. The molecular formula is C26H26BrNO6. The summed E-state index contributed by atoms with van der Waals surface area (Å²) in [5.41, 5.74) is 3.42. The number of hydrogen-bond donors (Lipinski definition) is 2. The molecule has 4 rings (SSSR count). The number of Topliss-reactive ketones (excluding diaryl/α,β-unsaturated/α-hetero) is 1. The fourth-order valence-electron chi connectivity index (χ4n) is 4.85. The quantitative estimate of drug-likeness (QED) is 0.550. The van der Waals surface area contributed by atoms with Gasteiger partial charge in [0.2, 0.25) is 0 Å². The van der Waals surface area contributed by atoms with Crippen LogP contribution in [-0.2, 0) is 14.3 Å². The molecule has 1 aliphatic carbocycles. The number of phenolic OH excluding ortho intramolecular Hbond substituents is 1. The molecule has 8 heteroatoms. The Morgan fingerprint density at radius 3 is 2.41 bits per heavy atom. The highest BCUT2D eigenvalue weighted by atomic mass is 79.9. The van der Waals surface area contributed by atoms with Gasteiger partial charge in [-0.25, -0.2) is 0 Å². The number of ether oxygens (including phenoxy) is 3. The van der Waals surface area contributed by atoms with Gasteiger partial charge in [-0.1, -0.05) is 18.7 Å². The van der Waals surface area contributed by atoms with Gasteiger partial charge in [-0.3, -0.25) is 9.59 Å². The van der Waals surface area contributed by atoms with E-state index in [9.17, 15) is 14.7 Å². The van der Waals surface area contributed by atoms with Gasteiger partial charge in [0.05, 0.1) is 25.8 Å². The summed E-state index contributed by atoms with van der Waals surface area (Å²) in [6, 6.07) is 11.0. The van der Waals surface area contributed by atoms with Crippen LogP contribution in [0.4, 0.5) is 0 Å². The number of nitrogens with one attached hydrogen (secondary N) is 1. The van der Waals surface area contributed by atoms with E-state index in [4.69, 9.17) is 14.2 Å². The van der Waals surface area contributed by atoms with Gasteiger partial charge in [0, 0.05) is 29.3 Å². The van der Waals surface area contributed by atoms with Crippen molar-refractivity contribution in [3.63, 3.8) is 0 Å². The highest BCUT2D eigenvalue weighted by Crippen LogP contribution is 2.49. The third-order valence-corrected chi connectivity index (χ3v) is 7.12. The first-order chi connectivity index (χ1) is 16.3. The normalized spacial score (nSPS) is 22.1. The number of ketones is 1. The minimum Gasteiger partial charge on any atom is -0.503 e. The van der Waals surface area contributed by atoms with Crippen LogP contribution >= 0.6 is 15.9 Å². The number of benzene rings is 2. The molecule has 3 unspecified atom stereocenters. The van der Waals surface area contributed by atoms with Crippen molar-refractivity contribution in [1.29, 1.82) is 0 Å². The Morgan fingerprint density at radius 1 is 1.09 bits per heavy atom. The van der Waals surface area contributed by atoms with Crippen LogP contribution in [0.1, 0.15) is 35.8 Å². The fourth-order valence-corrected chi connectivity index (χ4v) is 5.31. The first-order valence-corrected chi connectivity index (χ1v) is 11.6. The van der Waals surface area contributed by atoms with Gasteiger partial charge in [-0.05, 0) is 63.7 Å². The molecule has 1 aliphatic heterocycles. The Bertz CT molecular complexity index is 1190. The molecule has 0 radical (unpaired) electrons. The van der Waals surface area contributed by atoms with Crippen molar-refractivity contribution in [2.75, 3.05) is 21.3 Å². The molecule has 0 fully saturated rings. The van der Waals surface area contributed by atoms with Crippen molar-refractivity contribution in [3.8, 4) is 17.2 Å². The number of allylic oxidation sites excluding steroid dienone is 2. The lowest BCUT2D eigenvalue weighted by Crippen LogP contribution is -2.42. The molecular weight excluding hydrogens is 502 g/mol. The van der Waals surface area contributed by atoms with E-state index in [1.54, 1.807) is 19.2 Å². The lowest BCUT2D eigenvalue weighted by molar-refractivity contribution is -0.144. The number of esters is 1. The van der Waals surface area contributed by atoms with Gasteiger partial charge in [0.15, 0.2) is 17.3 Å². The van der Waals surface area contributed by atoms with Crippen LogP contribution < -0.4 is 14.8 Å². The Labute approximate surface area is 206 Å². The van der Waals surface area contributed by atoms with Crippen molar-refractivity contribution in [2.24, 2.45) is 5.92 Å². The van der Waals surface area contributed by atoms with E-state index in [0.717, 1.165) is 17.0 Å². The number of phenols is 1. The van der Waals surface area contributed by atoms with Crippen molar-refractivity contribution >= 4 is 27.7 Å². The largest absolute Gasteiger partial charge is 0.503 e. The summed E-state index contributed by atoms with van der Waals surface area (Å²) in [5.74, 6) is -1.09. The smallest absolute Gasteiger partial charge is 0.315 e. The summed E-state index contributed by atoms with van der Waals surface area (Å²) in [4.78, 5) is 26.4. The van der Waals surface area contributed by atoms with Crippen LogP contribution in [0, 0.1) is 5.92 Å². The summed E-state index contributed by atoms with van der Waals surface area (Å²) in [5, 5.41) is 13.5. The van der Waals surface area contributed by atoms with Gasteiger partial charge < -0.3 is 24.6 Å². The van der Waals surface area contributed by atoms with Crippen molar-refractivity contribution in [2.45, 2.75) is 24.7 Å². The monoisotopic (exact) mass is 527 g/mol. The van der Waals surface area contributed by atoms with Gasteiger partial charge in [-0.15, -0.1) is 0 Å². The zero-order chi connectivity index (χ0) is 24.6. The number of methoxy groups -OCH3 is 3. The Kier molecular flexibility index (Phi) is 6.70. The third kappa shape index (κ3) is 4.18. The fraction of sp³-hybridized carbons (Fsp3) is 0.308. The lowest BCUT2D eigenvalue weighted by atomic mass is 9.69. The van der Waals surface area contributed by atoms with E-state index < -0.39 is 17.8 Å². The molecule has 2 N–H and O–H groups in total. The predicted octanol–water partition coefficient (Wildman–Crippen LogP) is 4.56. The van der Waals surface area contributed by atoms with Gasteiger partial charge in [0.25, 0.3) is 0 Å². The van der Waals surface area contributed by atoms with Gasteiger partial charge in [0.1, 0.15) is 11.7 Å². The van der Waals surface area contributed by atoms with Crippen LogP contribution in [0.25, 0.3) is 0 Å². The molecule has 0 amide bonds. The summed E-state index contributed by atoms with van der Waals surface area (Å²) in [6.45, 7) is 4.09. The molecule has 0 saturated carbocycles. The zero-order valence-corrected chi connectivity index (χ0v) is 20.8. The number of aromatic hydroxyl groups is 1. The molecule has 2 aromatic carbocycles. The van der Waals surface area contributed by atoms with E-state index in [2.05, 4.69) is 27.8 Å². The molecule has 1 heterocycles. The average Bonchev–Trinajstić information content (AvgIpc) is 2.84. The van der Waals surface area contributed by atoms with Crippen molar-refractivity contribution in [1.82, 2.24) is 5.32 Å². The number of halogens is 1. The summed E-state index contributed by atoms with van der Waals surface area (Å²) >= 11 is 3.35. The Hall–Kier alpha value is -3.26. The number of rotatable bonds is 5. The maximum absolute atomic E-state index is 13.6. The summed E-state index contributed by atoms with van der Waals surface area (Å²) < 4.78 is 16.0. The molecule has 0 bridgehead atoms. The molecule has 178 valence electrons. The van der Waals surface area contributed by atoms with Crippen LogP contribution in [0.15, 0.2) is 64.4 Å². The molecule has 0 spiro atoms. The topological polar surface area (TPSA) is 94.1 Å². The highest BCUT2D eigenvalue weighted by molar-refractivity contribution is 9.10. The van der Waals surface area contributed by atoms with Crippen LogP contribution in [-0.4, -0.2) is 38.2 Å². The maximum atomic E-state index is 13.6. The maximum Gasteiger partial charge on any atom is 0.315 e. The molecule has 7 nitrogen and oxygen atoms in total. The second-order valence-electron chi connectivity index (χ2n) is 8.38. The third-order valence-electron chi connectivity index (χ3n) is 6.51. The first kappa shape index (κ1) is 23.9. The molecule has 2 aliphatic rings. The van der Waals surface area contributed by atoms with Gasteiger partial charge in [-0.2, -0.15) is 0 Å². The summed E-state index contributed by atoms with van der Waals surface area (Å²) in [7, 11) is 4.37. The first-order valence-electron chi connectivity index (χ1n) is 10.8.